The Morgan fingerprint density at radius 1 is 1.10 bits per heavy atom. The third kappa shape index (κ3) is 4.05. The molecule has 0 spiro atoms. The summed E-state index contributed by atoms with van der Waals surface area (Å²) in [5.74, 6) is 1.55. The first-order valence-corrected chi connectivity index (χ1v) is 7.15. The van der Waals surface area contributed by atoms with Gasteiger partial charge in [-0.1, -0.05) is 6.07 Å². The highest BCUT2D eigenvalue weighted by Gasteiger charge is 2.07. The average Bonchev–Trinajstić information content (AvgIpc) is 2.45. The second-order valence-corrected chi connectivity index (χ2v) is 4.97. The van der Waals surface area contributed by atoms with E-state index in [-0.39, 0.29) is 6.10 Å². The number of nitrogens with two attached hydrogens (primary N) is 1. The van der Waals surface area contributed by atoms with E-state index in [4.69, 9.17) is 15.2 Å². The Morgan fingerprint density at radius 2 is 1.81 bits per heavy atom. The minimum Gasteiger partial charge on any atom is -0.494 e. The molecule has 4 nitrogen and oxygen atoms in total. The predicted octanol–water partition coefficient (Wildman–Crippen LogP) is 4.20. The lowest BCUT2D eigenvalue weighted by Gasteiger charge is -2.16. The number of nitrogen functional groups attached to an aromatic ring is 1. The van der Waals surface area contributed by atoms with E-state index in [1.165, 1.54) is 0 Å². The molecule has 0 aliphatic carbocycles. The van der Waals surface area contributed by atoms with Crippen molar-refractivity contribution in [3.05, 3.63) is 42.5 Å². The molecule has 0 saturated carbocycles. The highest BCUT2D eigenvalue weighted by atomic mass is 16.5. The second-order valence-electron chi connectivity index (χ2n) is 4.97. The number of para-hydroxylation sites is 1. The summed E-state index contributed by atoms with van der Waals surface area (Å²) < 4.78 is 11.1. The molecule has 112 valence electrons. The summed E-state index contributed by atoms with van der Waals surface area (Å²) >= 11 is 0. The van der Waals surface area contributed by atoms with Crippen molar-refractivity contribution >= 4 is 17.1 Å². The first-order chi connectivity index (χ1) is 10.1. The maximum Gasteiger partial charge on any atom is 0.144 e. The molecule has 0 unspecified atom stereocenters. The fourth-order valence-electron chi connectivity index (χ4n) is 1.97. The monoisotopic (exact) mass is 286 g/mol. The van der Waals surface area contributed by atoms with Gasteiger partial charge in [0.25, 0.3) is 0 Å². The van der Waals surface area contributed by atoms with Crippen LogP contribution in [0.1, 0.15) is 20.8 Å². The van der Waals surface area contributed by atoms with Crippen molar-refractivity contribution in [3.8, 4) is 11.5 Å². The number of anilines is 3. The summed E-state index contributed by atoms with van der Waals surface area (Å²) in [6.45, 7) is 6.58. The molecular weight excluding hydrogens is 264 g/mol. The molecule has 0 bridgehead atoms. The Labute approximate surface area is 125 Å². The summed E-state index contributed by atoms with van der Waals surface area (Å²) in [6.07, 6.45) is 0.0908. The van der Waals surface area contributed by atoms with Crippen molar-refractivity contribution in [2.45, 2.75) is 26.9 Å². The van der Waals surface area contributed by atoms with Crippen LogP contribution in [0.25, 0.3) is 0 Å². The zero-order chi connectivity index (χ0) is 15.2. The number of hydrogen-bond donors (Lipinski definition) is 2. The van der Waals surface area contributed by atoms with E-state index in [1.54, 1.807) is 0 Å². The Morgan fingerprint density at radius 3 is 2.43 bits per heavy atom. The molecule has 0 saturated heterocycles. The topological polar surface area (TPSA) is 56.5 Å². The summed E-state index contributed by atoms with van der Waals surface area (Å²) in [4.78, 5) is 0. The van der Waals surface area contributed by atoms with Gasteiger partial charge >= 0.3 is 0 Å². The van der Waals surface area contributed by atoms with E-state index in [0.29, 0.717) is 18.0 Å². The zero-order valence-corrected chi connectivity index (χ0v) is 12.7. The molecule has 0 fully saturated rings. The van der Waals surface area contributed by atoms with Gasteiger partial charge in [-0.25, -0.2) is 0 Å². The second kappa shape index (κ2) is 6.88. The van der Waals surface area contributed by atoms with Gasteiger partial charge in [-0.3, -0.25) is 0 Å². The quantitative estimate of drug-likeness (QED) is 0.781. The van der Waals surface area contributed by atoms with E-state index < -0.39 is 0 Å². The molecule has 0 aliphatic heterocycles. The average molecular weight is 286 g/mol. The summed E-state index contributed by atoms with van der Waals surface area (Å²) in [5.41, 5.74) is 8.54. The minimum atomic E-state index is 0.0908. The highest BCUT2D eigenvalue weighted by Crippen LogP contribution is 2.32. The lowest BCUT2D eigenvalue weighted by atomic mass is 10.2. The Bertz CT molecular complexity index is 580. The fraction of sp³-hybridized carbons (Fsp3) is 0.294. The van der Waals surface area contributed by atoms with Crippen molar-refractivity contribution in [1.29, 1.82) is 0 Å². The van der Waals surface area contributed by atoms with E-state index in [9.17, 15) is 0 Å². The first kappa shape index (κ1) is 15.0. The van der Waals surface area contributed by atoms with Crippen LogP contribution in [-0.2, 0) is 0 Å². The summed E-state index contributed by atoms with van der Waals surface area (Å²) in [5, 5.41) is 3.29. The van der Waals surface area contributed by atoms with Crippen LogP contribution in [0.15, 0.2) is 42.5 Å². The number of hydrogen-bond acceptors (Lipinski definition) is 4. The Balaban J connectivity index is 2.15. The highest BCUT2D eigenvalue weighted by molar-refractivity contribution is 5.77. The van der Waals surface area contributed by atoms with Crippen LogP contribution in [0.4, 0.5) is 17.1 Å². The number of ether oxygens (including phenoxy) is 2. The number of nitrogens with one attached hydrogen (secondary N) is 1. The van der Waals surface area contributed by atoms with Crippen molar-refractivity contribution in [1.82, 2.24) is 0 Å². The smallest absolute Gasteiger partial charge is 0.144 e. The van der Waals surface area contributed by atoms with Crippen LogP contribution in [0.2, 0.25) is 0 Å². The molecule has 2 aromatic carbocycles. The SMILES string of the molecule is CCOc1ccc(Nc2cccc(OC(C)C)c2N)cc1. The Kier molecular flexibility index (Phi) is 4.93. The molecule has 0 amide bonds. The molecule has 0 heterocycles. The predicted molar refractivity (Wildman–Crippen MR) is 87.5 cm³/mol. The van der Waals surface area contributed by atoms with Crippen LogP contribution in [0.3, 0.4) is 0 Å². The van der Waals surface area contributed by atoms with Gasteiger partial charge in [0.05, 0.1) is 24.1 Å². The van der Waals surface area contributed by atoms with E-state index in [0.717, 1.165) is 17.1 Å². The van der Waals surface area contributed by atoms with Crippen molar-refractivity contribution in [2.24, 2.45) is 0 Å². The van der Waals surface area contributed by atoms with Crippen LogP contribution in [-0.4, -0.2) is 12.7 Å². The minimum absolute atomic E-state index is 0.0908. The van der Waals surface area contributed by atoms with Crippen molar-refractivity contribution in [3.63, 3.8) is 0 Å². The third-order valence-corrected chi connectivity index (χ3v) is 2.87. The molecule has 4 heteroatoms. The molecule has 3 N–H and O–H groups in total. The summed E-state index contributed by atoms with van der Waals surface area (Å²) in [7, 11) is 0. The molecule has 0 atom stereocenters. The maximum absolute atomic E-state index is 6.14. The van der Waals surface area contributed by atoms with E-state index in [1.807, 2.05) is 63.2 Å². The lowest BCUT2D eigenvalue weighted by molar-refractivity contribution is 0.244. The molecular formula is C17H22N2O2. The van der Waals surface area contributed by atoms with Gasteiger partial charge in [0.15, 0.2) is 0 Å². The molecule has 2 rings (SSSR count). The van der Waals surface area contributed by atoms with Gasteiger partial charge in [-0.2, -0.15) is 0 Å². The first-order valence-electron chi connectivity index (χ1n) is 7.15. The Hall–Kier alpha value is -2.36. The third-order valence-electron chi connectivity index (χ3n) is 2.87. The standard InChI is InChI=1S/C17H22N2O2/c1-4-20-14-10-8-13(9-11-14)19-15-6-5-7-16(17(15)18)21-12(2)3/h5-12,19H,4,18H2,1-3H3. The van der Waals surface area contributed by atoms with Gasteiger partial charge in [0.2, 0.25) is 0 Å². The van der Waals surface area contributed by atoms with Crippen molar-refractivity contribution in [2.75, 3.05) is 17.7 Å². The normalized spacial score (nSPS) is 10.5. The lowest BCUT2D eigenvalue weighted by Crippen LogP contribution is -2.08. The largest absolute Gasteiger partial charge is 0.494 e. The molecule has 0 aliphatic rings. The van der Waals surface area contributed by atoms with Crippen molar-refractivity contribution < 1.29 is 9.47 Å². The summed E-state index contributed by atoms with van der Waals surface area (Å²) in [6, 6.07) is 13.5. The van der Waals surface area contributed by atoms with E-state index in [2.05, 4.69) is 5.32 Å². The number of rotatable bonds is 6. The van der Waals surface area contributed by atoms with Crippen LogP contribution in [0.5, 0.6) is 11.5 Å². The van der Waals surface area contributed by atoms with Crippen LogP contribution in [0, 0.1) is 0 Å². The molecule has 0 radical (unpaired) electrons. The number of benzene rings is 2. The maximum atomic E-state index is 6.14. The van der Waals surface area contributed by atoms with Gasteiger partial charge in [0.1, 0.15) is 11.5 Å². The molecule has 2 aromatic rings. The van der Waals surface area contributed by atoms with E-state index >= 15 is 0 Å². The van der Waals surface area contributed by atoms with Crippen LogP contribution >= 0.6 is 0 Å². The zero-order valence-electron chi connectivity index (χ0n) is 12.7. The van der Waals surface area contributed by atoms with Gasteiger partial charge < -0.3 is 20.5 Å². The molecule has 0 aromatic heterocycles. The van der Waals surface area contributed by atoms with Gasteiger partial charge in [0, 0.05) is 5.69 Å². The van der Waals surface area contributed by atoms with Gasteiger partial charge in [-0.15, -0.1) is 0 Å². The van der Waals surface area contributed by atoms with Crippen LogP contribution < -0.4 is 20.5 Å². The van der Waals surface area contributed by atoms with Gasteiger partial charge in [-0.05, 0) is 57.2 Å². The molecule has 21 heavy (non-hydrogen) atoms. The fourth-order valence-corrected chi connectivity index (χ4v) is 1.97.